The smallest absolute Gasteiger partial charge is 0.390 e. The second-order valence-corrected chi connectivity index (χ2v) is 13.8. The van der Waals surface area contributed by atoms with Crippen molar-refractivity contribution in [2.75, 3.05) is 22.9 Å². The van der Waals surface area contributed by atoms with Crippen LogP contribution < -0.4 is 14.9 Å². The van der Waals surface area contributed by atoms with Crippen molar-refractivity contribution in [1.82, 2.24) is 10.6 Å². The molecule has 4 aromatic rings. The summed E-state index contributed by atoms with van der Waals surface area (Å²) >= 11 is 1.40. The molecule has 7 nitrogen and oxygen atoms in total. The molecule has 0 heterocycles. The Bertz CT molecular complexity index is 1710. The molecule has 0 aliphatic heterocycles. The Morgan fingerprint density at radius 1 is 0.913 bits per heavy atom. The molecule has 3 N–H and O–H groups in total. The number of hydrogen-bond acceptors (Lipinski definition) is 6. The Balaban J connectivity index is 1.63. The quantitative estimate of drug-likeness (QED) is 0.134. The van der Waals surface area contributed by atoms with E-state index in [4.69, 9.17) is 0 Å². The highest BCUT2D eigenvalue weighted by molar-refractivity contribution is 7.99. The topological polar surface area (TPSA) is 98.7 Å². The van der Waals surface area contributed by atoms with E-state index in [0.29, 0.717) is 21.9 Å². The van der Waals surface area contributed by atoms with Crippen molar-refractivity contribution in [1.29, 1.82) is 0 Å². The number of rotatable bonds is 14. The van der Waals surface area contributed by atoms with Gasteiger partial charge in [0.25, 0.3) is 5.91 Å². The van der Waals surface area contributed by atoms with Crippen LogP contribution in [0.1, 0.15) is 34.0 Å². The highest BCUT2D eigenvalue weighted by Crippen LogP contribution is 2.39. The summed E-state index contributed by atoms with van der Waals surface area (Å²) in [5.74, 6) is 0.0353. The molecule has 0 fully saturated rings. The standard InChI is InChI=1S/C34H36F3N3O4S2/c1-3-45-31-19-11-18-28(32(31)40(46(2,43)44)27-16-8-5-9-17-27)33(42)39-29(21-24-12-6-4-7-13-24)30(41)23-38-22-25-14-10-15-26(20-25)34(35,36)37/h4-20,29-30,38,41H,3,21-23H2,1-2H3,(H,39,42)/t29-,30+/m0/s1. The third kappa shape index (κ3) is 9.35. The van der Waals surface area contributed by atoms with Crippen molar-refractivity contribution < 1.29 is 31.5 Å². The number of alkyl halides is 3. The minimum Gasteiger partial charge on any atom is -0.390 e. The summed E-state index contributed by atoms with van der Waals surface area (Å²) in [4.78, 5) is 14.6. The molecule has 0 radical (unpaired) electrons. The van der Waals surface area contributed by atoms with Gasteiger partial charge in [0.05, 0.1) is 40.9 Å². The average Bonchev–Trinajstić information content (AvgIpc) is 3.01. The van der Waals surface area contributed by atoms with Gasteiger partial charge in [-0.25, -0.2) is 12.7 Å². The van der Waals surface area contributed by atoms with E-state index >= 15 is 0 Å². The number of para-hydroxylation sites is 2. The minimum absolute atomic E-state index is 0.0356. The van der Waals surface area contributed by atoms with Crippen molar-refractivity contribution in [2.24, 2.45) is 0 Å². The van der Waals surface area contributed by atoms with Gasteiger partial charge < -0.3 is 15.7 Å². The average molecular weight is 672 g/mol. The van der Waals surface area contributed by atoms with Crippen LogP contribution in [0.2, 0.25) is 0 Å². The van der Waals surface area contributed by atoms with Gasteiger partial charge in [0.15, 0.2) is 0 Å². The maximum absolute atomic E-state index is 14.0. The number of carbonyl (C=O) groups is 1. The molecule has 0 unspecified atom stereocenters. The summed E-state index contributed by atoms with van der Waals surface area (Å²) in [5, 5.41) is 17.2. The maximum atomic E-state index is 14.0. The highest BCUT2D eigenvalue weighted by atomic mass is 32.2. The van der Waals surface area contributed by atoms with Crippen LogP contribution in [0.25, 0.3) is 0 Å². The lowest BCUT2D eigenvalue weighted by Crippen LogP contribution is -2.49. The molecule has 0 saturated carbocycles. The number of thioether (sulfide) groups is 1. The fourth-order valence-corrected chi connectivity index (χ4v) is 6.91. The summed E-state index contributed by atoms with van der Waals surface area (Å²) in [6, 6.07) is 26.8. The molecular formula is C34H36F3N3O4S2. The maximum Gasteiger partial charge on any atom is 0.416 e. The first-order valence-corrected chi connectivity index (χ1v) is 17.4. The Morgan fingerprint density at radius 2 is 1.54 bits per heavy atom. The first-order chi connectivity index (χ1) is 21.9. The normalized spacial score (nSPS) is 13.2. The lowest BCUT2D eigenvalue weighted by Gasteiger charge is -2.29. The lowest BCUT2D eigenvalue weighted by molar-refractivity contribution is -0.137. The molecule has 0 aliphatic rings. The largest absolute Gasteiger partial charge is 0.416 e. The van der Waals surface area contributed by atoms with E-state index in [1.165, 1.54) is 17.8 Å². The van der Waals surface area contributed by atoms with Gasteiger partial charge in [-0.15, -0.1) is 11.8 Å². The van der Waals surface area contributed by atoms with Crippen LogP contribution in [0.3, 0.4) is 0 Å². The van der Waals surface area contributed by atoms with Crippen molar-refractivity contribution in [3.05, 3.63) is 125 Å². The second-order valence-electron chi connectivity index (χ2n) is 10.6. The van der Waals surface area contributed by atoms with Gasteiger partial charge in [-0.3, -0.25) is 4.79 Å². The Kier molecular flexibility index (Phi) is 11.9. The highest BCUT2D eigenvalue weighted by Gasteiger charge is 2.31. The fourth-order valence-electron chi connectivity index (χ4n) is 5.00. The third-order valence-corrected chi connectivity index (χ3v) is 9.07. The summed E-state index contributed by atoms with van der Waals surface area (Å²) in [7, 11) is -3.90. The third-order valence-electron chi connectivity index (χ3n) is 7.09. The SMILES string of the molecule is CCSc1cccc(C(=O)N[C@@H](Cc2ccccc2)[C@H](O)CNCc2cccc(C(F)(F)F)c2)c1N(c1ccccc1)S(C)(=O)=O. The van der Waals surface area contributed by atoms with Gasteiger partial charge in [-0.05, 0) is 53.6 Å². The number of carbonyl (C=O) groups excluding carboxylic acids is 1. The number of aliphatic hydroxyl groups is 1. The summed E-state index contributed by atoms with van der Waals surface area (Å²) in [6.07, 6.45) is -4.30. The summed E-state index contributed by atoms with van der Waals surface area (Å²) in [6.45, 7) is 1.95. The molecule has 2 atom stereocenters. The molecule has 46 heavy (non-hydrogen) atoms. The van der Waals surface area contributed by atoms with E-state index in [2.05, 4.69) is 10.6 Å². The number of nitrogens with zero attached hydrogens (tertiary/aromatic N) is 1. The number of amides is 1. The van der Waals surface area contributed by atoms with Crippen LogP contribution >= 0.6 is 11.8 Å². The van der Waals surface area contributed by atoms with Crippen molar-refractivity contribution in [3.63, 3.8) is 0 Å². The van der Waals surface area contributed by atoms with Crippen LogP contribution in [-0.4, -0.2) is 50.1 Å². The zero-order chi connectivity index (χ0) is 33.3. The molecule has 1 amide bonds. The van der Waals surface area contributed by atoms with Crippen molar-refractivity contribution in [3.8, 4) is 0 Å². The van der Waals surface area contributed by atoms with E-state index in [9.17, 15) is 31.5 Å². The van der Waals surface area contributed by atoms with Gasteiger partial charge in [-0.1, -0.05) is 79.7 Å². The molecule has 0 aromatic heterocycles. The van der Waals surface area contributed by atoms with Crippen molar-refractivity contribution >= 4 is 39.1 Å². The molecule has 0 saturated heterocycles. The Morgan fingerprint density at radius 3 is 2.17 bits per heavy atom. The number of anilines is 2. The van der Waals surface area contributed by atoms with Gasteiger partial charge in [0.1, 0.15) is 0 Å². The second kappa shape index (κ2) is 15.6. The van der Waals surface area contributed by atoms with Crippen LogP contribution in [0.4, 0.5) is 24.5 Å². The molecule has 4 aromatic carbocycles. The molecular weight excluding hydrogens is 636 g/mol. The number of sulfonamides is 1. The predicted octanol–water partition coefficient (Wildman–Crippen LogP) is 6.41. The number of aliphatic hydroxyl groups excluding tert-OH is 1. The number of benzene rings is 4. The minimum atomic E-state index is -4.47. The summed E-state index contributed by atoms with van der Waals surface area (Å²) < 4.78 is 67.1. The van der Waals surface area contributed by atoms with E-state index < -0.39 is 39.8 Å². The molecule has 0 spiro atoms. The van der Waals surface area contributed by atoms with Crippen LogP contribution in [-0.2, 0) is 29.2 Å². The van der Waals surface area contributed by atoms with Crippen LogP contribution in [0.15, 0.2) is 108 Å². The van der Waals surface area contributed by atoms with Crippen LogP contribution in [0, 0.1) is 0 Å². The predicted molar refractivity (Wildman–Crippen MR) is 177 cm³/mol. The lowest BCUT2D eigenvalue weighted by atomic mass is 10.00. The zero-order valence-corrected chi connectivity index (χ0v) is 27.0. The van der Waals surface area contributed by atoms with Gasteiger partial charge in [-0.2, -0.15) is 13.2 Å². The molecule has 244 valence electrons. The van der Waals surface area contributed by atoms with E-state index in [1.807, 2.05) is 37.3 Å². The van der Waals surface area contributed by atoms with E-state index in [-0.39, 0.29) is 30.8 Å². The first kappa shape index (κ1) is 35.0. The number of halogens is 3. The van der Waals surface area contributed by atoms with Gasteiger partial charge in [0.2, 0.25) is 10.0 Å². The van der Waals surface area contributed by atoms with Gasteiger partial charge in [0, 0.05) is 18.0 Å². The molecule has 12 heteroatoms. The van der Waals surface area contributed by atoms with Crippen molar-refractivity contribution in [2.45, 2.75) is 43.1 Å². The Labute approximate surface area is 271 Å². The molecule has 0 bridgehead atoms. The summed E-state index contributed by atoms with van der Waals surface area (Å²) in [5.41, 5.74) is 1.14. The molecule has 0 aliphatic carbocycles. The van der Waals surface area contributed by atoms with E-state index in [1.54, 1.807) is 54.6 Å². The zero-order valence-electron chi connectivity index (χ0n) is 25.4. The van der Waals surface area contributed by atoms with Crippen LogP contribution in [0.5, 0.6) is 0 Å². The Hall–Kier alpha value is -3.84. The first-order valence-electron chi connectivity index (χ1n) is 14.6. The van der Waals surface area contributed by atoms with E-state index in [0.717, 1.165) is 28.3 Å². The molecule has 4 rings (SSSR count). The fraction of sp³-hybridized carbons (Fsp3) is 0.265. The number of hydrogen-bond donors (Lipinski definition) is 3. The van der Waals surface area contributed by atoms with Gasteiger partial charge >= 0.3 is 6.18 Å². The monoisotopic (exact) mass is 671 g/mol. The number of nitrogens with one attached hydrogen (secondary N) is 2.